The van der Waals surface area contributed by atoms with E-state index in [0.717, 1.165) is 0 Å². The van der Waals surface area contributed by atoms with E-state index < -0.39 is 12.2 Å². The van der Waals surface area contributed by atoms with Crippen molar-refractivity contribution in [1.29, 1.82) is 0 Å². The second-order valence-electron chi connectivity index (χ2n) is 2.06. The van der Waals surface area contributed by atoms with Crippen molar-refractivity contribution >= 4 is 12.6 Å². The van der Waals surface area contributed by atoms with Gasteiger partial charge in [0.25, 0.3) is 0 Å². The van der Waals surface area contributed by atoms with Gasteiger partial charge in [-0.1, -0.05) is 6.92 Å². The van der Waals surface area contributed by atoms with Gasteiger partial charge in [0.1, 0.15) is 0 Å². The van der Waals surface area contributed by atoms with Gasteiger partial charge >= 0.3 is 0 Å². The third-order valence-corrected chi connectivity index (χ3v) is 1.55. The Labute approximate surface area is 61.3 Å². The maximum absolute atomic E-state index is 9.02. The summed E-state index contributed by atoms with van der Waals surface area (Å²) in [6, 6.07) is 0. The van der Waals surface area contributed by atoms with Crippen LogP contribution in [0.2, 0.25) is 0 Å². The Kier molecular flexibility index (Phi) is 5.24. The van der Waals surface area contributed by atoms with Crippen LogP contribution in [-0.2, 0) is 0 Å². The van der Waals surface area contributed by atoms with Crippen molar-refractivity contribution in [2.24, 2.45) is 0 Å². The van der Waals surface area contributed by atoms with Crippen LogP contribution in [0, 0.1) is 0 Å². The molecule has 2 nitrogen and oxygen atoms in total. The average molecular weight is 150 g/mol. The maximum atomic E-state index is 9.02. The molecule has 0 aromatic heterocycles. The Morgan fingerprint density at radius 3 is 2.22 bits per heavy atom. The Morgan fingerprint density at radius 1 is 1.33 bits per heavy atom. The lowest BCUT2D eigenvalue weighted by atomic mass is 10.1. The van der Waals surface area contributed by atoms with Gasteiger partial charge in [0.15, 0.2) is 0 Å². The molecule has 0 spiro atoms. The number of hydrogen-bond donors (Lipinski definition) is 3. The van der Waals surface area contributed by atoms with Gasteiger partial charge < -0.3 is 10.2 Å². The zero-order valence-corrected chi connectivity index (χ0v) is 6.51. The number of rotatable bonds is 4. The summed E-state index contributed by atoms with van der Waals surface area (Å²) in [4.78, 5) is 0. The SMILES string of the molecule is CCC(O)C(O)CCS. The monoisotopic (exact) mass is 150 g/mol. The van der Waals surface area contributed by atoms with Gasteiger partial charge in [0, 0.05) is 0 Å². The minimum atomic E-state index is -0.590. The van der Waals surface area contributed by atoms with E-state index in [9.17, 15) is 0 Å². The van der Waals surface area contributed by atoms with Crippen LogP contribution < -0.4 is 0 Å². The fraction of sp³-hybridized carbons (Fsp3) is 1.00. The average Bonchev–Trinajstić information content (AvgIpc) is 1.87. The van der Waals surface area contributed by atoms with Crippen LogP contribution in [0.1, 0.15) is 19.8 Å². The van der Waals surface area contributed by atoms with Crippen LogP contribution in [0.5, 0.6) is 0 Å². The first-order chi connectivity index (χ1) is 4.22. The van der Waals surface area contributed by atoms with Gasteiger partial charge in [0.05, 0.1) is 12.2 Å². The first-order valence-corrected chi connectivity index (χ1v) is 3.82. The van der Waals surface area contributed by atoms with E-state index in [-0.39, 0.29) is 0 Å². The number of hydrogen-bond acceptors (Lipinski definition) is 3. The third kappa shape index (κ3) is 3.78. The van der Waals surface area contributed by atoms with Gasteiger partial charge in [-0.25, -0.2) is 0 Å². The van der Waals surface area contributed by atoms with E-state index >= 15 is 0 Å². The summed E-state index contributed by atoms with van der Waals surface area (Å²) in [6.45, 7) is 1.84. The molecule has 0 aliphatic heterocycles. The molecule has 0 radical (unpaired) electrons. The van der Waals surface area contributed by atoms with Crippen LogP contribution in [0.4, 0.5) is 0 Å². The second-order valence-corrected chi connectivity index (χ2v) is 2.50. The molecule has 0 heterocycles. The molecule has 0 saturated heterocycles. The summed E-state index contributed by atoms with van der Waals surface area (Å²) < 4.78 is 0. The zero-order chi connectivity index (χ0) is 7.28. The molecule has 9 heavy (non-hydrogen) atoms. The molecule has 0 aromatic rings. The normalized spacial score (nSPS) is 17.3. The Balaban J connectivity index is 3.32. The lowest BCUT2D eigenvalue weighted by Crippen LogP contribution is -2.25. The van der Waals surface area contributed by atoms with Crippen LogP contribution in [0.3, 0.4) is 0 Å². The van der Waals surface area contributed by atoms with Crippen LogP contribution >= 0.6 is 12.6 Å². The maximum Gasteiger partial charge on any atom is 0.0806 e. The van der Waals surface area contributed by atoms with E-state index in [4.69, 9.17) is 10.2 Å². The minimum Gasteiger partial charge on any atom is -0.390 e. The Morgan fingerprint density at radius 2 is 1.89 bits per heavy atom. The van der Waals surface area contributed by atoms with Crippen molar-refractivity contribution in [2.45, 2.75) is 32.0 Å². The summed E-state index contributed by atoms with van der Waals surface area (Å²) in [5, 5.41) is 18.0. The lowest BCUT2D eigenvalue weighted by molar-refractivity contribution is 0.0165. The molecule has 0 fully saturated rings. The largest absolute Gasteiger partial charge is 0.390 e. The molecule has 0 amide bonds. The minimum absolute atomic E-state index is 0.568. The Hall–Kier alpha value is 0.270. The topological polar surface area (TPSA) is 40.5 Å². The molecule has 0 aliphatic carbocycles. The summed E-state index contributed by atoms with van der Waals surface area (Å²) in [6.07, 6.45) is 0.0113. The van der Waals surface area contributed by atoms with E-state index in [1.54, 1.807) is 0 Å². The summed E-state index contributed by atoms with van der Waals surface area (Å²) in [5.41, 5.74) is 0. The Bertz CT molecular complexity index is 68.1. The number of aliphatic hydroxyl groups is 2. The summed E-state index contributed by atoms with van der Waals surface area (Å²) in [5.74, 6) is 0.623. The highest BCUT2D eigenvalue weighted by Gasteiger charge is 2.11. The van der Waals surface area contributed by atoms with Crippen LogP contribution in [0.25, 0.3) is 0 Å². The second kappa shape index (κ2) is 5.09. The van der Waals surface area contributed by atoms with E-state index in [0.29, 0.717) is 18.6 Å². The van der Waals surface area contributed by atoms with E-state index in [2.05, 4.69) is 12.6 Å². The molecular weight excluding hydrogens is 136 g/mol. The van der Waals surface area contributed by atoms with E-state index in [1.807, 2.05) is 6.92 Å². The number of aliphatic hydroxyl groups excluding tert-OH is 2. The highest BCUT2D eigenvalue weighted by Crippen LogP contribution is 2.02. The molecule has 0 rings (SSSR count). The first kappa shape index (κ1) is 9.27. The fourth-order valence-electron chi connectivity index (χ4n) is 0.597. The third-order valence-electron chi connectivity index (χ3n) is 1.29. The predicted octanol–water partition coefficient (Wildman–Crippen LogP) is 0.438. The summed E-state index contributed by atoms with van der Waals surface area (Å²) in [7, 11) is 0. The quantitative estimate of drug-likeness (QED) is 0.509. The number of thiol groups is 1. The predicted molar refractivity (Wildman–Crippen MR) is 40.8 cm³/mol. The fourth-order valence-corrected chi connectivity index (χ4v) is 0.861. The van der Waals surface area contributed by atoms with Crippen molar-refractivity contribution in [3.63, 3.8) is 0 Å². The molecule has 2 unspecified atom stereocenters. The van der Waals surface area contributed by atoms with Crippen LogP contribution in [-0.4, -0.2) is 28.2 Å². The molecule has 56 valence electrons. The molecule has 0 bridgehead atoms. The van der Waals surface area contributed by atoms with Gasteiger partial charge in [-0.3, -0.25) is 0 Å². The smallest absolute Gasteiger partial charge is 0.0806 e. The molecule has 0 aliphatic rings. The van der Waals surface area contributed by atoms with Gasteiger partial charge in [0.2, 0.25) is 0 Å². The highest BCUT2D eigenvalue weighted by molar-refractivity contribution is 7.80. The van der Waals surface area contributed by atoms with Gasteiger partial charge in [-0.15, -0.1) is 0 Å². The van der Waals surface area contributed by atoms with E-state index in [1.165, 1.54) is 0 Å². The molecule has 2 N–H and O–H groups in total. The summed E-state index contributed by atoms with van der Waals surface area (Å²) >= 11 is 3.92. The van der Waals surface area contributed by atoms with Crippen molar-refractivity contribution in [2.75, 3.05) is 5.75 Å². The zero-order valence-electron chi connectivity index (χ0n) is 5.62. The molecule has 3 heteroatoms. The van der Waals surface area contributed by atoms with Gasteiger partial charge in [-0.05, 0) is 18.6 Å². The van der Waals surface area contributed by atoms with Crippen molar-refractivity contribution < 1.29 is 10.2 Å². The first-order valence-electron chi connectivity index (χ1n) is 3.19. The molecular formula is C6H14O2S. The van der Waals surface area contributed by atoms with Gasteiger partial charge in [-0.2, -0.15) is 12.6 Å². The molecule has 0 saturated carbocycles. The standard InChI is InChI=1S/C6H14O2S/c1-2-5(7)6(8)3-4-9/h5-9H,2-4H2,1H3. The molecule has 2 atom stereocenters. The van der Waals surface area contributed by atoms with Crippen molar-refractivity contribution in [1.82, 2.24) is 0 Å². The lowest BCUT2D eigenvalue weighted by Gasteiger charge is -2.13. The highest BCUT2D eigenvalue weighted by atomic mass is 32.1. The van der Waals surface area contributed by atoms with Crippen molar-refractivity contribution in [3.8, 4) is 0 Å². The van der Waals surface area contributed by atoms with Crippen molar-refractivity contribution in [3.05, 3.63) is 0 Å². The van der Waals surface area contributed by atoms with Crippen LogP contribution in [0.15, 0.2) is 0 Å². The molecule has 0 aromatic carbocycles.